The van der Waals surface area contributed by atoms with Crippen molar-refractivity contribution in [1.29, 1.82) is 0 Å². The van der Waals surface area contributed by atoms with E-state index in [0.717, 1.165) is 32.7 Å². The summed E-state index contributed by atoms with van der Waals surface area (Å²) in [5, 5.41) is 3.73. The van der Waals surface area contributed by atoms with Gasteiger partial charge in [-0.25, -0.2) is 0 Å². The van der Waals surface area contributed by atoms with E-state index in [4.69, 9.17) is 4.74 Å². The highest BCUT2D eigenvalue weighted by atomic mass is 16.5. The molecule has 0 saturated heterocycles. The molecule has 0 spiro atoms. The molecule has 3 heteroatoms. The summed E-state index contributed by atoms with van der Waals surface area (Å²) < 4.78 is 5.26. The molecule has 0 saturated carbocycles. The second kappa shape index (κ2) is 9.73. The zero-order valence-corrected chi connectivity index (χ0v) is 14.3. The van der Waals surface area contributed by atoms with Gasteiger partial charge in [-0.2, -0.15) is 0 Å². The van der Waals surface area contributed by atoms with Gasteiger partial charge in [0.1, 0.15) is 0 Å². The van der Waals surface area contributed by atoms with Crippen LogP contribution in [0.15, 0.2) is 0 Å². The van der Waals surface area contributed by atoms with Crippen molar-refractivity contribution in [2.75, 3.05) is 33.4 Å². The number of nitrogens with one attached hydrogen (secondary N) is 1. The van der Waals surface area contributed by atoms with Crippen molar-refractivity contribution in [3.05, 3.63) is 0 Å². The van der Waals surface area contributed by atoms with Crippen LogP contribution < -0.4 is 5.32 Å². The van der Waals surface area contributed by atoms with Crippen LogP contribution in [0.25, 0.3) is 0 Å². The minimum absolute atomic E-state index is 0.215. The van der Waals surface area contributed by atoms with Crippen LogP contribution in [-0.2, 0) is 4.74 Å². The van der Waals surface area contributed by atoms with Crippen molar-refractivity contribution >= 4 is 0 Å². The van der Waals surface area contributed by atoms with Crippen LogP contribution in [0.1, 0.15) is 54.4 Å². The lowest BCUT2D eigenvalue weighted by atomic mass is 9.79. The molecule has 116 valence electrons. The highest BCUT2D eigenvalue weighted by Crippen LogP contribution is 2.29. The number of ether oxygens (including phenoxy) is 1. The number of hydrogen-bond acceptors (Lipinski definition) is 3. The Labute approximate surface area is 121 Å². The molecule has 0 aliphatic carbocycles. The molecule has 3 nitrogen and oxygen atoms in total. The maximum Gasteiger partial charge on any atom is 0.0465 e. The molecule has 1 N–H and O–H groups in total. The van der Waals surface area contributed by atoms with E-state index in [1.54, 1.807) is 7.11 Å². The van der Waals surface area contributed by atoms with Gasteiger partial charge in [0.25, 0.3) is 0 Å². The molecule has 0 fully saturated rings. The van der Waals surface area contributed by atoms with Crippen LogP contribution in [0.2, 0.25) is 0 Å². The van der Waals surface area contributed by atoms with E-state index in [-0.39, 0.29) is 5.54 Å². The van der Waals surface area contributed by atoms with Gasteiger partial charge in [-0.3, -0.25) is 4.90 Å². The van der Waals surface area contributed by atoms with E-state index in [2.05, 4.69) is 51.8 Å². The maximum atomic E-state index is 5.26. The lowest BCUT2D eigenvalue weighted by Crippen LogP contribution is -2.61. The third-order valence-electron chi connectivity index (χ3n) is 4.64. The normalized spacial score (nSPS) is 18.3. The molecule has 0 rings (SSSR count). The average molecular weight is 272 g/mol. The van der Waals surface area contributed by atoms with E-state index in [9.17, 15) is 0 Å². The standard InChI is InChI=1S/C16H36N2O/c1-8-16(6,18(10-3)11-4)15(17-9-2)14(5)12-13-19-7/h14-15,17H,8-13H2,1-7H3. The molecule has 0 aliphatic rings. The van der Waals surface area contributed by atoms with Crippen molar-refractivity contribution in [1.82, 2.24) is 10.2 Å². The number of hydrogen-bond donors (Lipinski definition) is 1. The van der Waals surface area contributed by atoms with Crippen LogP contribution >= 0.6 is 0 Å². The first kappa shape index (κ1) is 18.9. The van der Waals surface area contributed by atoms with Crippen molar-refractivity contribution in [2.24, 2.45) is 5.92 Å². The molecule has 0 bridgehead atoms. The number of rotatable bonds is 11. The lowest BCUT2D eigenvalue weighted by Gasteiger charge is -2.48. The van der Waals surface area contributed by atoms with Crippen LogP contribution in [0.5, 0.6) is 0 Å². The summed E-state index contributed by atoms with van der Waals surface area (Å²) in [6, 6.07) is 0.512. The first-order valence-corrected chi connectivity index (χ1v) is 7.98. The second-order valence-corrected chi connectivity index (χ2v) is 5.68. The maximum absolute atomic E-state index is 5.26. The molecule has 0 amide bonds. The molecule has 3 atom stereocenters. The summed E-state index contributed by atoms with van der Waals surface area (Å²) in [4.78, 5) is 2.60. The van der Waals surface area contributed by atoms with Crippen LogP contribution in [0.4, 0.5) is 0 Å². The Morgan fingerprint density at radius 3 is 2.11 bits per heavy atom. The molecule has 0 aromatic heterocycles. The zero-order valence-electron chi connectivity index (χ0n) is 14.3. The lowest BCUT2D eigenvalue weighted by molar-refractivity contribution is 0.0416. The van der Waals surface area contributed by atoms with Gasteiger partial charge < -0.3 is 10.1 Å². The molecule has 3 unspecified atom stereocenters. The summed E-state index contributed by atoms with van der Waals surface area (Å²) >= 11 is 0. The zero-order chi connectivity index (χ0) is 14.9. The topological polar surface area (TPSA) is 24.5 Å². The number of methoxy groups -OCH3 is 1. The fourth-order valence-corrected chi connectivity index (χ4v) is 3.31. The van der Waals surface area contributed by atoms with Gasteiger partial charge in [-0.1, -0.05) is 34.6 Å². The number of nitrogens with zero attached hydrogens (tertiary/aromatic N) is 1. The van der Waals surface area contributed by atoms with Crippen LogP contribution in [-0.4, -0.2) is 49.8 Å². The van der Waals surface area contributed by atoms with E-state index in [1.807, 2.05) is 0 Å². The Morgan fingerprint density at radius 1 is 1.16 bits per heavy atom. The third-order valence-corrected chi connectivity index (χ3v) is 4.64. The van der Waals surface area contributed by atoms with Gasteiger partial charge in [0.05, 0.1) is 0 Å². The van der Waals surface area contributed by atoms with Gasteiger partial charge in [0, 0.05) is 25.3 Å². The van der Waals surface area contributed by atoms with Gasteiger partial charge >= 0.3 is 0 Å². The van der Waals surface area contributed by atoms with Crippen LogP contribution in [0, 0.1) is 5.92 Å². The van der Waals surface area contributed by atoms with Crippen molar-refractivity contribution in [3.8, 4) is 0 Å². The van der Waals surface area contributed by atoms with Gasteiger partial charge in [0.2, 0.25) is 0 Å². The molecule has 0 radical (unpaired) electrons. The first-order chi connectivity index (χ1) is 9.01. The molecule has 0 aliphatic heterocycles. The molecule has 0 aromatic carbocycles. The van der Waals surface area contributed by atoms with E-state index >= 15 is 0 Å². The van der Waals surface area contributed by atoms with Gasteiger partial charge in [-0.15, -0.1) is 0 Å². The van der Waals surface area contributed by atoms with Crippen molar-refractivity contribution < 1.29 is 4.74 Å². The fraction of sp³-hybridized carbons (Fsp3) is 1.00. The predicted octanol–water partition coefficient (Wildman–Crippen LogP) is 3.15. The van der Waals surface area contributed by atoms with Crippen molar-refractivity contribution in [2.45, 2.75) is 66.0 Å². The molecule has 0 heterocycles. The average Bonchev–Trinajstić information content (AvgIpc) is 2.43. The minimum atomic E-state index is 0.215. The third kappa shape index (κ3) is 5.05. The Bertz CT molecular complexity index is 219. The van der Waals surface area contributed by atoms with Gasteiger partial charge in [0.15, 0.2) is 0 Å². The quantitative estimate of drug-likeness (QED) is 0.625. The molecule has 0 aromatic rings. The Balaban J connectivity index is 5.06. The molecule has 19 heavy (non-hydrogen) atoms. The summed E-state index contributed by atoms with van der Waals surface area (Å²) in [5.74, 6) is 0.616. The Morgan fingerprint density at radius 2 is 1.74 bits per heavy atom. The Hall–Kier alpha value is -0.120. The summed E-state index contributed by atoms with van der Waals surface area (Å²) in [5.41, 5.74) is 0.215. The SMILES string of the molecule is CCNC(C(C)CCOC)C(C)(CC)N(CC)CC. The van der Waals surface area contributed by atoms with E-state index in [1.165, 1.54) is 6.42 Å². The van der Waals surface area contributed by atoms with Crippen molar-refractivity contribution in [3.63, 3.8) is 0 Å². The van der Waals surface area contributed by atoms with E-state index < -0.39 is 0 Å². The second-order valence-electron chi connectivity index (χ2n) is 5.68. The highest BCUT2D eigenvalue weighted by Gasteiger charge is 2.39. The van der Waals surface area contributed by atoms with Crippen LogP contribution in [0.3, 0.4) is 0 Å². The molecular weight excluding hydrogens is 236 g/mol. The summed E-state index contributed by atoms with van der Waals surface area (Å²) in [6.07, 6.45) is 2.29. The summed E-state index contributed by atoms with van der Waals surface area (Å²) in [6.45, 7) is 17.9. The summed E-state index contributed by atoms with van der Waals surface area (Å²) in [7, 11) is 1.79. The minimum Gasteiger partial charge on any atom is -0.385 e. The largest absolute Gasteiger partial charge is 0.385 e. The highest BCUT2D eigenvalue weighted by molar-refractivity contribution is 4.98. The molecular formula is C16H36N2O. The predicted molar refractivity (Wildman–Crippen MR) is 84.7 cm³/mol. The number of likely N-dealkylation sites (N-methyl/N-ethyl adjacent to an activating group) is 2. The smallest absolute Gasteiger partial charge is 0.0465 e. The van der Waals surface area contributed by atoms with E-state index in [0.29, 0.717) is 12.0 Å². The van der Waals surface area contributed by atoms with Gasteiger partial charge in [-0.05, 0) is 45.3 Å². The Kier molecular flexibility index (Phi) is 9.67. The monoisotopic (exact) mass is 272 g/mol. The fourth-order valence-electron chi connectivity index (χ4n) is 3.31. The first-order valence-electron chi connectivity index (χ1n) is 7.98.